The van der Waals surface area contributed by atoms with Crippen LogP contribution in [0.1, 0.15) is 41.8 Å². The molecule has 2 aliphatic heterocycles. The van der Waals surface area contributed by atoms with Gasteiger partial charge in [0.25, 0.3) is 0 Å². The average Bonchev–Trinajstić information content (AvgIpc) is 3.37. The molecule has 0 bridgehead atoms. The van der Waals surface area contributed by atoms with Gasteiger partial charge in [0.05, 0.1) is 11.9 Å². The summed E-state index contributed by atoms with van der Waals surface area (Å²) in [5, 5.41) is 7.19. The van der Waals surface area contributed by atoms with Crippen molar-refractivity contribution in [1.82, 2.24) is 20.0 Å². The van der Waals surface area contributed by atoms with Gasteiger partial charge in [-0.15, -0.1) is 0 Å². The number of aromatic amines is 1. The van der Waals surface area contributed by atoms with E-state index >= 15 is 0 Å². The van der Waals surface area contributed by atoms with Gasteiger partial charge in [0, 0.05) is 49.4 Å². The Bertz CT molecular complexity index is 1080. The summed E-state index contributed by atoms with van der Waals surface area (Å²) in [6, 6.07) is 10.5. The van der Waals surface area contributed by atoms with E-state index in [9.17, 15) is 13.2 Å². The van der Waals surface area contributed by atoms with Crippen LogP contribution < -0.4 is 0 Å². The molecule has 1 unspecified atom stereocenters. The second-order valence-corrected chi connectivity index (χ2v) is 9.09. The molecule has 0 radical (unpaired) electrons. The Morgan fingerprint density at radius 3 is 2.72 bits per heavy atom. The van der Waals surface area contributed by atoms with Crippen molar-refractivity contribution >= 4 is 0 Å². The maximum atomic E-state index is 14.8. The molecule has 1 saturated heterocycles. The van der Waals surface area contributed by atoms with Gasteiger partial charge in [-0.1, -0.05) is 25.1 Å². The molecule has 0 amide bonds. The van der Waals surface area contributed by atoms with Crippen LogP contribution in [0.3, 0.4) is 0 Å². The zero-order valence-electron chi connectivity index (χ0n) is 18.1. The molecular formula is C25H27F3N4. The van der Waals surface area contributed by atoms with Crippen LogP contribution in [0.25, 0.3) is 0 Å². The van der Waals surface area contributed by atoms with E-state index in [0.29, 0.717) is 24.1 Å². The number of benzene rings is 2. The van der Waals surface area contributed by atoms with Crippen molar-refractivity contribution in [3.8, 4) is 0 Å². The van der Waals surface area contributed by atoms with Crippen LogP contribution in [0.4, 0.5) is 13.2 Å². The SMILES string of the molecule is C[C@H]1C[C@@H](N2Cc3cn[nH]c3C2)CN(CCc2ccccc2F)C1c1cc(F)ccc1F. The monoisotopic (exact) mass is 440 g/mol. The van der Waals surface area contributed by atoms with Crippen LogP contribution in [0.5, 0.6) is 0 Å². The number of piperidine rings is 1. The van der Waals surface area contributed by atoms with Gasteiger partial charge < -0.3 is 0 Å². The second-order valence-electron chi connectivity index (χ2n) is 9.09. The summed E-state index contributed by atoms with van der Waals surface area (Å²) < 4.78 is 43.1. The quantitative estimate of drug-likeness (QED) is 0.617. The van der Waals surface area contributed by atoms with Crippen LogP contribution >= 0.6 is 0 Å². The molecule has 3 heterocycles. The highest BCUT2D eigenvalue weighted by Gasteiger charge is 2.39. The molecule has 2 aromatic carbocycles. The van der Waals surface area contributed by atoms with E-state index in [1.54, 1.807) is 12.1 Å². The van der Waals surface area contributed by atoms with Crippen LogP contribution in [0.2, 0.25) is 0 Å². The fourth-order valence-corrected chi connectivity index (χ4v) is 5.43. The minimum Gasteiger partial charge on any atom is -0.294 e. The van der Waals surface area contributed by atoms with Crippen molar-refractivity contribution in [3.63, 3.8) is 0 Å². The van der Waals surface area contributed by atoms with Crippen molar-refractivity contribution in [3.05, 3.63) is 88.5 Å². The molecule has 1 N–H and O–H groups in total. The highest BCUT2D eigenvalue weighted by atomic mass is 19.1. The first-order valence-corrected chi connectivity index (χ1v) is 11.2. The van der Waals surface area contributed by atoms with Gasteiger partial charge >= 0.3 is 0 Å². The molecule has 3 aromatic rings. The molecule has 3 atom stereocenters. The number of nitrogens with one attached hydrogen (secondary N) is 1. The molecule has 5 rings (SSSR count). The Hall–Kier alpha value is -2.64. The number of aromatic nitrogens is 2. The van der Waals surface area contributed by atoms with Gasteiger partial charge in [-0.3, -0.25) is 14.9 Å². The van der Waals surface area contributed by atoms with E-state index < -0.39 is 5.82 Å². The summed E-state index contributed by atoms with van der Waals surface area (Å²) in [6.45, 7) is 5.05. The molecule has 0 saturated carbocycles. The van der Waals surface area contributed by atoms with E-state index in [1.165, 1.54) is 23.8 Å². The van der Waals surface area contributed by atoms with Gasteiger partial charge in [-0.05, 0) is 48.6 Å². The highest BCUT2D eigenvalue weighted by Crippen LogP contribution is 2.40. The lowest BCUT2D eigenvalue weighted by Gasteiger charge is -2.46. The largest absolute Gasteiger partial charge is 0.294 e. The van der Waals surface area contributed by atoms with Gasteiger partial charge in [0.2, 0.25) is 0 Å². The topological polar surface area (TPSA) is 35.2 Å². The normalized spacial score (nSPS) is 24.1. The molecule has 0 aliphatic carbocycles. The molecule has 168 valence electrons. The van der Waals surface area contributed by atoms with Crippen molar-refractivity contribution in [1.29, 1.82) is 0 Å². The van der Waals surface area contributed by atoms with Crippen molar-refractivity contribution in [2.45, 2.75) is 44.9 Å². The van der Waals surface area contributed by atoms with E-state index in [2.05, 4.69) is 26.9 Å². The third kappa shape index (κ3) is 4.07. The summed E-state index contributed by atoms with van der Waals surface area (Å²) >= 11 is 0. The van der Waals surface area contributed by atoms with Crippen LogP contribution in [0.15, 0.2) is 48.7 Å². The van der Waals surface area contributed by atoms with Crippen molar-refractivity contribution < 1.29 is 13.2 Å². The number of nitrogens with zero attached hydrogens (tertiary/aromatic N) is 3. The summed E-state index contributed by atoms with van der Waals surface area (Å²) in [4.78, 5) is 4.64. The molecule has 32 heavy (non-hydrogen) atoms. The Labute approximate surface area is 186 Å². The van der Waals surface area contributed by atoms with Crippen LogP contribution in [0, 0.1) is 23.4 Å². The molecule has 1 aromatic heterocycles. The summed E-state index contributed by atoms with van der Waals surface area (Å²) in [6.07, 6.45) is 3.28. The summed E-state index contributed by atoms with van der Waals surface area (Å²) in [5.41, 5.74) is 3.39. The Morgan fingerprint density at radius 2 is 1.91 bits per heavy atom. The first kappa shape index (κ1) is 21.2. The number of rotatable bonds is 5. The van der Waals surface area contributed by atoms with Crippen LogP contribution in [-0.2, 0) is 19.5 Å². The molecule has 7 heteroatoms. The summed E-state index contributed by atoms with van der Waals surface area (Å²) in [5.74, 6) is -0.939. The van der Waals surface area contributed by atoms with Gasteiger partial charge in [0.1, 0.15) is 17.5 Å². The van der Waals surface area contributed by atoms with E-state index in [-0.39, 0.29) is 29.6 Å². The molecule has 2 aliphatic rings. The smallest absolute Gasteiger partial charge is 0.128 e. The van der Waals surface area contributed by atoms with Gasteiger partial charge in [-0.2, -0.15) is 5.10 Å². The molecule has 0 spiro atoms. The highest BCUT2D eigenvalue weighted by molar-refractivity contribution is 5.26. The first-order chi connectivity index (χ1) is 15.5. The third-order valence-electron chi connectivity index (χ3n) is 6.98. The average molecular weight is 441 g/mol. The number of fused-ring (bicyclic) bond motifs is 1. The maximum absolute atomic E-state index is 14.8. The van der Waals surface area contributed by atoms with E-state index in [4.69, 9.17) is 0 Å². The zero-order chi connectivity index (χ0) is 22.2. The number of hydrogen-bond acceptors (Lipinski definition) is 3. The predicted octanol–water partition coefficient (Wildman–Crippen LogP) is 4.84. The van der Waals surface area contributed by atoms with E-state index in [1.807, 2.05) is 12.3 Å². The lowest BCUT2D eigenvalue weighted by Crippen LogP contribution is -2.51. The van der Waals surface area contributed by atoms with E-state index in [0.717, 1.165) is 37.8 Å². The lowest BCUT2D eigenvalue weighted by atomic mass is 9.83. The minimum absolute atomic E-state index is 0.114. The Balaban J connectivity index is 1.41. The fraction of sp³-hybridized carbons (Fsp3) is 0.400. The number of likely N-dealkylation sites (tertiary alicyclic amines) is 1. The van der Waals surface area contributed by atoms with Gasteiger partial charge in [-0.25, -0.2) is 13.2 Å². The zero-order valence-corrected chi connectivity index (χ0v) is 18.1. The summed E-state index contributed by atoms with van der Waals surface area (Å²) in [7, 11) is 0. The Morgan fingerprint density at radius 1 is 1.06 bits per heavy atom. The lowest BCUT2D eigenvalue weighted by molar-refractivity contribution is 0.0219. The number of hydrogen-bond donors (Lipinski definition) is 1. The number of halogens is 3. The van der Waals surface area contributed by atoms with Gasteiger partial charge in [0.15, 0.2) is 0 Å². The molecule has 1 fully saturated rings. The number of H-pyrrole nitrogens is 1. The minimum atomic E-state index is -0.435. The standard InChI is InChI=1S/C25H27F3N4/c1-16-10-20(32-13-18-12-29-30-24(18)15-32)14-31(9-8-17-4-2-3-5-22(17)27)25(16)21-11-19(26)6-7-23(21)28/h2-7,11-12,16,20,25H,8-10,13-15H2,1H3,(H,29,30)/t16-,20+,25?/m0/s1. The molecule has 4 nitrogen and oxygen atoms in total. The Kier molecular flexibility index (Phi) is 5.78. The maximum Gasteiger partial charge on any atom is 0.128 e. The van der Waals surface area contributed by atoms with Crippen LogP contribution in [-0.4, -0.2) is 39.1 Å². The predicted molar refractivity (Wildman–Crippen MR) is 116 cm³/mol. The third-order valence-corrected chi connectivity index (χ3v) is 6.98. The van der Waals surface area contributed by atoms with Crippen molar-refractivity contribution in [2.24, 2.45) is 5.92 Å². The van der Waals surface area contributed by atoms with Crippen molar-refractivity contribution in [2.75, 3.05) is 13.1 Å². The molecular weight excluding hydrogens is 413 g/mol. The fourth-order valence-electron chi connectivity index (χ4n) is 5.43. The first-order valence-electron chi connectivity index (χ1n) is 11.2. The second kappa shape index (κ2) is 8.71.